The molecule has 128 valence electrons. The predicted molar refractivity (Wildman–Crippen MR) is 85.7 cm³/mol. The Bertz CT molecular complexity index is 678. The quantitative estimate of drug-likeness (QED) is 0.790. The minimum absolute atomic E-state index is 0.163. The summed E-state index contributed by atoms with van der Waals surface area (Å²) in [5, 5.41) is 0. The van der Waals surface area contributed by atoms with Crippen LogP contribution in [0.15, 0.2) is 29.2 Å². The van der Waals surface area contributed by atoms with Gasteiger partial charge in [0.15, 0.2) is 0 Å². The van der Waals surface area contributed by atoms with Crippen LogP contribution in [0.4, 0.5) is 4.79 Å². The number of likely N-dealkylation sites (tertiary alicyclic amines) is 1. The number of aryl methyl sites for hydroxylation is 1. The maximum atomic E-state index is 12.4. The fraction of sp³-hybridized carbons (Fsp3) is 0.562. The Morgan fingerprint density at radius 2 is 1.91 bits per heavy atom. The van der Waals surface area contributed by atoms with E-state index in [-0.39, 0.29) is 11.4 Å². The summed E-state index contributed by atoms with van der Waals surface area (Å²) in [6.45, 7) is 7.72. The zero-order valence-electron chi connectivity index (χ0n) is 13.9. The lowest BCUT2D eigenvalue weighted by Crippen LogP contribution is -2.36. The van der Waals surface area contributed by atoms with Gasteiger partial charge in [-0.25, -0.2) is 4.79 Å². The number of hydrogen-bond donors (Lipinski definition) is 0. The second-order valence-corrected chi connectivity index (χ2v) is 8.19. The Hall–Kier alpha value is -1.60. The van der Waals surface area contributed by atoms with Crippen molar-refractivity contribution in [2.75, 3.05) is 13.1 Å². The summed E-state index contributed by atoms with van der Waals surface area (Å²) in [4.78, 5) is 13.6. The molecule has 1 aromatic rings. The van der Waals surface area contributed by atoms with E-state index in [2.05, 4.69) is 0 Å². The van der Waals surface area contributed by atoms with Crippen molar-refractivity contribution in [2.24, 2.45) is 0 Å². The van der Waals surface area contributed by atoms with Crippen molar-refractivity contribution < 1.29 is 22.1 Å². The SMILES string of the molecule is Cc1ccccc1S(=O)(=O)OC1CCN(C(=O)OC(C)(C)C)C1. The van der Waals surface area contributed by atoms with Crippen molar-refractivity contribution in [2.45, 2.75) is 50.7 Å². The van der Waals surface area contributed by atoms with Gasteiger partial charge in [-0.05, 0) is 45.7 Å². The van der Waals surface area contributed by atoms with E-state index >= 15 is 0 Å². The van der Waals surface area contributed by atoms with E-state index in [0.29, 0.717) is 18.5 Å². The van der Waals surface area contributed by atoms with Crippen molar-refractivity contribution in [3.8, 4) is 0 Å². The van der Waals surface area contributed by atoms with Crippen molar-refractivity contribution in [1.82, 2.24) is 4.90 Å². The molecule has 1 aromatic carbocycles. The number of ether oxygens (including phenoxy) is 1. The second-order valence-electron chi connectivity index (χ2n) is 6.65. The van der Waals surface area contributed by atoms with Gasteiger partial charge in [0, 0.05) is 6.54 Å². The molecule has 1 unspecified atom stereocenters. The van der Waals surface area contributed by atoms with Gasteiger partial charge in [0.25, 0.3) is 10.1 Å². The van der Waals surface area contributed by atoms with Crippen molar-refractivity contribution in [3.63, 3.8) is 0 Å². The van der Waals surface area contributed by atoms with E-state index < -0.39 is 27.9 Å². The van der Waals surface area contributed by atoms with Crippen LogP contribution in [-0.4, -0.2) is 44.2 Å². The van der Waals surface area contributed by atoms with E-state index in [1.54, 1.807) is 45.9 Å². The fourth-order valence-corrected chi connectivity index (χ4v) is 3.69. The summed E-state index contributed by atoms with van der Waals surface area (Å²) >= 11 is 0. The third-order valence-corrected chi connectivity index (χ3v) is 4.94. The van der Waals surface area contributed by atoms with Crippen LogP contribution in [0, 0.1) is 6.92 Å². The lowest BCUT2D eigenvalue weighted by molar-refractivity contribution is 0.0276. The van der Waals surface area contributed by atoms with Crippen LogP contribution >= 0.6 is 0 Å². The number of carbonyl (C=O) groups excluding carboxylic acids is 1. The molecule has 1 atom stereocenters. The zero-order chi connectivity index (χ0) is 17.3. The van der Waals surface area contributed by atoms with Crippen LogP contribution in [0.2, 0.25) is 0 Å². The third-order valence-electron chi connectivity index (χ3n) is 3.42. The van der Waals surface area contributed by atoms with Gasteiger partial charge >= 0.3 is 6.09 Å². The van der Waals surface area contributed by atoms with Crippen molar-refractivity contribution in [3.05, 3.63) is 29.8 Å². The molecule has 7 heteroatoms. The average molecular weight is 341 g/mol. The molecule has 0 radical (unpaired) electrons. The molecular weight excluding hydrogens is 318 g/mol. The van der Waals surface area contributed by atoms with Gasteiger partial charge in [0.1, 0.15) is 5.60 Å². The maximum Gasteiger partial charge on any atom is 0.410 e. The first-order chi connectivity index (χ1) is 10.6. The molecule has 0 aromatic heterocycles. The first-order valence-electron chi connectivity index (χ1n) is 7.55. The van der Waals surface area contributed by atoms with Gasteiger partial charge in [-0.15, -0.1) is 0 Å². The molecule has 1 amide bonds. The molecule has 2 rings (SSSR count). The Balaban J connectivity index is 2.01. The normalized spacial score (nSPS) is 19.0. The fourth-order valence-electron chi connectivity index (χ4n) is 2.37. The van der Waals surface area contributed by atoms with Crippen LogP contribution in [-0.2, 0) is 19.0 Å². The van der Waals surface area contributed by atoms with E-state index in [1.165, 1.54) is 11.0 Å². The number of hydrogen-bond acceptors (Lipinski definition) is 5. The first-order valence-corrected chi connectivity index (χ1v) is 8.96. The predicted octanol–water partition coefficient (Wildman–Crippen LogP) is 2.71. The average Bonchev–Trinajstić information content (AvgIpc) is 2.85. The van der Waals surface area contributed by atoms with Crippen LogP contribution in [0.25, 0.3) is 0 Å². The molecule has 0 saturated carbocycles. The molecule has 0 bridgehead atoms. The number of rotatable bonds is 3. The molecule has 1 heterocycles. The summed E-state index contributed by atoms with van der Waals surface area (Å²) < 4.78 is 35.3. The Morgan fingerprint density at radius 3 is 2.52 bits per heavy atom. The minimum atomic E-state index is -3.84. The van der Waals surface area contributed by atoms with Crippen molar-refractivity contribution >= 4 is 16.2 Å². The number of nitrogens with zero attached hydrogens (tertiary/aromatic N) is 1. The Morgan fingerprint density at radius 1 is 1.26 bits per heavy atom. The molecule has 1 aliphatic rings. The topological polar surface area (TPSA) is 72.9 Å². The van der Waals surface area contributed by atoms with Gasteiger partial charge in [-0.1, -0.05) is 18.2 Å². The van der Waals surface area contributed by atoms with Crippen LogP contribution in [0.5, 0.6) is 0 Å². The van der Waals surface area contributed by atoms with Crippen LogP contribution < -0.4 is 0 Å². The zero-order valence-corrected chi connectivity index (χ0v) is 14.7. The Labute approximate surface area is 137 Å². The molecule has 23 heavy (non-hydrogen) atoms. The number of carbonyl (C=O) groups is 1. The molecule has 0 spiro atoms. The lowest BCUT2D eigenvalue weighted by Gasteiger charge is -2.24. The van der Waals surface area contributed by atoms with E-state index in [4.69, 9.17) is 8.92 Å². The monoisotopic (exact) mass is 341 g/mol. The summed E-state index contributed by atoms with van der Waals surface area (Å²) in [7, 11) is -3.84. The molecule has 1 saturated heterocycles. The molecular formula is C16H23NO5S. The Kier molecular flexibility index (Phi) is 5.01. The number of benzene rings is 1. The van der Waals surface area contributed by atoms with Gasteiger partial charge in [0.2, 0.25) is 0 Å². The third kappa shape index (κ3) is 4.68. The molecule has 1 fully saturated rings. The van der Waals surface area contributed by atoms with Gasteiger partial charge in [-0.2, -0.15) is 8.42 Å². The second kappa shape index (κ2) is 6.49. The maximum absolute atomic E-state index is 12.4. The highest BCUT2D eigenvalue weighted by Gasteiger charge is 2.33. The number of amides is 1. The summed E-state index contributed by atoms with van der Waals surface area (Å²) in [6, 6.07) is 6.67. The van der Waals surface area contributed by atoms with Crippen LogP contribution in [0.1, 0.15) is 32.8 Å². The highest BCUT2D eigenvalue weighted by molar-refractivity contribution is 7.86. The minimum Gasteiger partial charge on any atom is -0.444 e. The van der Waals surface area contributed by atoms with E-state index in [0.717, 1.165) is 0 Å². The van der Waals surface area contributed by atoms with Gasteiger partial charge in [0.05, 0.1) is 17.5 Å². The van der Waals surface area contributed by atoms with E-state index in [9.17, 15) is 13.2 Å². The molecule has 6 nitrogen and oxygen atoms in total. The largest absolute Gasteiger partial charge is 0.444 e. The summed E-state index contributed by atoms with van der Waals surface area (Å²) in [5.41, 5.74) is 0.0537. The smallest absolute Gasteiger partial charge is 0.410 e. The molecule has 1 aliphatic heterocycles. The van der Waals surface area contributed by atoms with Crippen molar-refractivity contribution in [1.29, 1.82) is 0 Å². The summed E-state index contributed by atoms with van der Waals surface area (Å²) in [5.74, 6) is 0. The van der Waals surface area contributed by atoms with E-state index in [1.807, 2.05) is 0 Å². The first kappa shape index (κ1) is 17.7. The highest BCUT2D eigenvalue weighted by Crippen LogP contribution is 2.23. The van der Waals surface area contributed by atoms with Gasteiger partial charge < -0.3 is 9.64 Å². The van der Waals surface area contributed by atoms with Gasteiger partial charge in [-0.3, -0.25) is 4.18 Å². The van der Waals surface area contributed by atoms with Crippen LogP contribution in [0.3, 0.4) is 0 Å². The molecule has 0 N–H and O–H groups in total. The summed E-state index contributed by atoms with van der Waals surface area (Å²) in [6.07, 6.45) is -0.534. The lowest BCUT2D eigenvalue weighted by atomic mass is 10.2. The standard InChI is InChI=1S/C16H23NO5S/c1-12-7-5-6-8-14(12)23(19,20)22-13-9-10-17(11-13)15(18)21-16(2,3)4/h5-8,13H,9-11H2,1-4H3. The molecule has 0 aliphatic carbocycles. The highest BCUT2D eigenvalue weighted by atomic mass is 32.2.